The van der Waals surface area contributed by atoms with E-state index in [0.717, 1.165) is 16.7 Å². The van der Waals surface area contributed by atoms with E-state index in [2.05, 4.69) is 31.9 Å². The first-order chi connectivity index (χ1) is 29.3. The van der Waals surface area contributed by atoms with Crippen molar-refractivity contribution in [2.45, 2.75) is 109 Å². The summed E-state index contributed by atoms with van der Waals surface area (Å²) in [5.74, 6) is -8.29. The average molecular weight is 858 g/mol. The lowest BCUT2D eigenvalue weighted by molar-refractivity contribution is -0.147. The number of rotatable bonds is 23. The van der Waals surface area contributed by atoms with E-state index >= 15 is 0 Å². The fraction of sp³-hybridized carbons (Fsp3) is 0.422. The number of nitrogens with one attached hydrogen (secondary N) is 6. The summed E-state index contributed by atoms with van der Waals surface area (Å²) in [5, 5.41) is 33.9. The van der Waals surface area contributed by atoms with Crippen LogP contribution in [0, 0.1) is 11.8 Å². The molecule has 0 radical (unpaired) electrons. The quantitative estimate of drug-likeness (QED) is 0.0622. The fourth-order valence-corrected chi connectivity index (χ4v) is 6.57. The predicted molar refractivity (Wildman–Crippen MR) is 230 cm³/mol. The van der Waals surface area contributed by atoms with Crippen LogP contribution in [0.2, 0.25) is 0 Å². The second-order valence-corrected chi connectivity index (χ2v) is 15.6. The largest absolute Gasteiger partial charge is 0.481 e. The Balaban J connectivity index is 1.79. The van der Waals surface area contributed by atoms with Gasteiger partial charge in [-0.2, -0.15) is 0 Å². The fourth-order valence-electron chi connectivity index (χ4n) is 6.57. The van der Waals surface area contributed by atoms with Gasteiger partial charge in [-0.05, 0) is 48.8 Å². The normalized spacial score (nSPS) is 14.6. The Kier molecular flexibility index (Phi) is 18.8. The summed E-state index contributed by atoms with van der Waals surface area (Å²) in [6, 6.07) is 20.4. The summed E-state index contributed by atoms with van der Waals surface area (Å²) in [7, 11) is 0. The molecule has 0 heterocycles. The molecule has 0 saturated carbocycles. The van der Waals surface area contributed by atoms with Crippen LogP contribution >= 0.6 is 0 Å². The zero-order valence-corrected chi connectivity index (χ0v) is 35.8. The number of hydrogen-bond acceptors (Lipinski definition) is 9. The molecule has 62 heavy (non-hydrogen) atoms. The van der Waals surface area contributed by atoms with E-state index in [0.29, 0.717) is 6.42 Å². The van der Waals surface area contributed by atoms with Crippen LogP contribution < -0.4 is 37.6 Å². The van der Waals surface area contributed by atoms with E-state index in [1.54, 1.807) is 27.7 Å². The number of carbonyl (C=O) groups is 8. The predicted octanol–water partition coefficient (Wildman–Crippen LogP) is 1.93. The maximum absolute atomic E-state index is 14.1. The maximum atomic E-state index is 14.1. The third kappa shape index (κ3) is 13.7. The molecule has 17 heteroatoms. The molecule has 334 valence electrons. The standard InChI is InChI=1S/C45H59N7O10/c1-7-27(4)38(43(60)50-34(44(61)62)25-36(54)55)51-40(57)29(6)47-39(56)28(5)48-41(58)33(49-42(59)37(46)26(2)3)23-24-35(53)52-45(30-17-11-8-12-18-30,31-19-13-9-14-20-31)32-21-15-10-16-22-32/h8-22,26-29,33-34,37-38H,7,23-25,46H2,1-6H3,(H,47,56)(H,48,58)(H,49,59)(H,50,60)(H,51,57)(H,52,53)(H,54,55)(H,61,62)/t27-,28-,29-,33-,34-,37-,38-/m0/s1. The molecule has 6 amide bonds. The second kappa shape index (κ2) is 23.4. The highest BCUT2D eigenvalue weighted by Gasteiger charge is 2.39. The molecule has 3 aromatic carbocycles. The van der Waals surface area contributed by atoms with Crippen LogP contribution in [0.5, 0.6) is 0 Å². The highest BCUT2D eigenvalue weighted by atomic mass is 16.4. The van der Waals surface area contributed by atoms with Crippen LogP contribution in [0.15, 0.2) is 91.0 Å². The Labute approximate surface area is 361 Å². The van der Waals surface area contributed by atoms with Gasteiger partial charge in [0.15, 0.2) is 0 Å². The minimum atomic E-state index is -1.75. The van der Waals surface area contributed by atoms with Crippen LogP contribution in [0.4, 0.5) is 0 Å². The van der Waals surface area contributed by atoms with Gasteiger partial charge in [-0.25, -0.2) is 4.79 Å². The Bertz CT molecular complexity index is 1920. The van der Waals surface area contributed by atoms with Gasteiger partial charge < -0.3 is 47.8 Å². The Morgan fingerprint density at radius 2 is 1.02 bits per heavy atom. The number of hydrogen-bond donors (Lipinski definition) is 9. The monoisotopic (exact) mass is 857 g/mol. The molecule has 0 spiro atoms. The van der Waals surface area contributed by atoms with Crippen LogP contribution in [0.1, 0.15) is 83.9 Å². The summed E-state index contributed by atoms with van der Waals surface area (Å²) in [6.07, 6.45) is -0.952. The highest BCUT2D eigenvalue weighted by Crippen LogP contribution is 2.37. The van der Waals surface area contributed by atoms with Crippen LogP contribution in [0.25, 0.3) is 0 Å². The van der Waals surface area contributed by atoms with Gasteiger partial charge in [-0.3, -0.25) is 33.6 Å². The molecule has 10 N–H and O–H groups in total. The van der Waals surface area contributed by atoms with E-state index in [-0.39, 0.29) is 18.8 Å². The van der Waals surface area contributed by atoms with Crippen molar-refractivity contribution in [2.24, 2.45) is 17.6 Å². The zero-order chi connectivity index (χ0) is 46.1. The Morgan fingerprint density at radius 3 is 1.44 bits per heavy atom. The molecule has 0 fully saturated rings. The van der Waals surface area contributed by atoms with Gasteiger partial charge >= 0.3 is 11.9 Å². The van der Waals surface area contributed by atoms with Crippen molar-refractivity contribution in [1.29, 1.82) is 0 Å². The molecule has 0 bridgehead atoms. The SMILES string of the molecule is CC[C@H](C)[C@H](NC(=O)[C@H](C)NC(=O)[C@H](C)NC(=O)[C@H](CCC(=O)NC(c1ccccc1)(c1ccccc1)c1ccccc1)NC(=O)[C@@H](N)C(C)C)C(=O)N[C@@H](CC(=O)O)C(=O)O. The third-order valence-electron chi connectivity index (χ3n) is 10.6. The van der Waals surface area contributed by atoms with E-state index in [9.17, 15) is 43.5 Å². The Hall–Kier alpha value is -6.62. The molecular formula is C45H59N7O10. The maximum Gasteiger partial charge on any atom is 0.326 e. The van der Waals surface area contributed by atoms with Crippen molar-refractivity contribution in [3.63, 3.8) is 0 Å². The lowest BCUT2D eigenvalue weighted by atomic mass is 9.77. The molecule has 3 aromatic rings. The number of carboxylic acid groups (broad SMARTS) is 2. The molecule has 0 aliphatic carbocycles. The van der Waals surface area contributed by atoms with Crippen molar-refractivity contribution in [1.82, 2.24) is 31.9 Å². The first kappa shape index (κ1) is 49.7. The molecule has 7 atom stereocenters. The van der Waals surface area contributed by atoms with Crippen molar-refractivity contribution >= 4 is 47.4 Å². The van der Waals surface area contributed by atoms with E-state index in [4.69, 9.17) is 10.8 Å². The molecular weight excluding hydrogens is 799 g/mol. The lowest BCUT2D eigenvalue weighted by Gasteiger charge is -2.37. The van der Waals surface area contributed by atoms with Gasteiger partial charge in [-0.15, -0.1) is 0 Å². The number of nitrogens with two attached hydrogens (primary N) is 1. The smallest absolute Gasteiger partial charge is 0.326 e. The number of aliphatic carboxylic acids is 2. The minimum absolute atomic E-state index is 0.190. The van der Waals surface area contributed by atoms with Crippen LogP contribution in [-0.4, -0.2) is 93.8 Å². The van der Waals surface area contributed by atoms with Gasteiger partial charge in [0.25, 0.3) is 0 Å². The molecule has 0 unspecified atom stereocenters. The van der Waals surface area contributed by atoms with Gasteiger partial charge in [0.1, 0.15) is 35.7 Å². The molecule has 0 aliphatic rings. The topological polar surface area (TPSA) is 275 Å². The van der Waals surface area contributed by atoms with Crippen molar-refractivity contribution in [3.05, 3.63) is 108 Å². The van der Waals surface area contributed by atoms with E-state index < -0.39 is 102 Å². The summed E-state index contributed by atoms with van der Waals surface area (Å²) in [5.41, 5.74) is 7.30. The molecule has 0 aliphatic heterocycles. The molecule has 0 saturated heterocycles. The third-order valence-corrected chi connectivity index (χ3v) is 10.6. The zero-order valence-electron chi connectivity index (χ0n) is 35.8. The first-order valence-electron chi connectivity index (χ1n) is 20.5. The van der Waals surface area contributed by atoms with Gasteiger partial charge in [-0.1, -0.05) is 125 Å². The van der Waals surface area contributed by atoms with E-state index in [1.807, 2.05) is 91.0 Å². The van der Waals surface area contributed by atoms with Crippen molar-refractivity contribution in [3.8, 4) is 0 Å². The molecule has 0 aromatic heterocycles. The minimum Gasteiger partial charge on any atom is -0.481 e. The summed E-state index contributed by atoms with van der Waals surface area (Å²) in [4.78, 5) is 103. The van der Waals surface area contributed by atoms with Crippen molar-refractivity contribution in [2.75, 3.05) is 0 Å². The van der Waals surface area contributed by atoms with Gasteiger partial charge in [0.05, 0.1) is 12.5 Å². The van der Waals surface area contributed by atoms with Gasteiger partial charge in [0, 0.05) is 6.42 Å². The molecule has 17 nitrogen and oxygen atoms in total. The van der Waals surface area contributed by atoms with Crippen molar-refractivity contribution < 1.29 is 48.6 Å². The number of amides is 6. The lowest BCUT2D eigenvalue weighted by Crippen LogP contribution is -2.59. The van der Waals surface area contributed by atoms with Crippen LogP contribution in [-0.2, 0) is 43.9 Å². The average Bonchev–Trinajstić information content (AvgIpc) is 3.25. The summed E-state index contributed by atoms with van der Waals surface area (Å²) >= 11 is 0. The second-order valence-electron chi connectivity index (χ2n) is 15.6. The number of carbonyl (C=O) groups excluding carboxylic acids is 6. The molecule has 3 rings (SSSR count). The number of benzene rings is 3. The highest BCUT2D eigenvalue weighted by molar-refractivity contribution is 5.96. The van der Waals surface area contributed by atoms with E-state index in [1.165, 1.54) is 13.8 Å². The number of carboxylic acids is 2. The Morgan fingerprint density at radius 1 is 0.581 bits per heavy atom. The first-order valence-corrected chi connectivity index (χ1v) is 20.5. The summed E-state index contributed by atoms with van der Waals surface area (Å²) in [6.45, 7) is 9.49. The summed E-state index contributed by atoms with van der Waals surface area (Å²) < 4.78 is 0. The van der Waals surface area contributed by atoms with Gasteiger partial charge in [0.2, 0.25) is 35.4 Å². The van der Waals surface area contributed by atoms with Crippen LogP contribution in [0.3, 0.4) is 0 Å².